The van der Waals surface area contributed by atoms with Crippen LogP contribution in [0.5, 0.6) is 0 Å². The van der Waals surface area contributed by atoms with Crippen LogP contribution in [0.3, 0.4) is 0 Å². The molecule has 0 saturated heterocycles. The van der Waals surface area contributed by atoms with Crippen LogP contribution in [0.1, 0.15) is 71.1 Å². The lowest BCUT2D eigenvalue weighted by Gasteiger charge is -2.07. The average Bonchev–Trinajstić information content (AvgIpc) is 2.33. The zero-order chi connectivity index (χ0) is 12.8. The summed E-state index contributed by atoms with van der Waals surface area (Å²) in [7, 11) is 0. The number of allylic oxidation sites excluding steroid dienone is 1. The number of aldehydes is 1. The van der Waals surface area contributed by atoms with E-state index >= 15 is 0 Å². The maximum atomic E-state index is 10.0. The average molecular weight is 240 g/mol. The number of carbonyl (C=O) groups is 1. The van der Waals surface area contributed by atoms with Gasteiger partial charge in [-0.2, -0.15) is 0 Å². The maximum absolute atomic E-state index is 10.0. The van der Waals surface area contributed by atoms with Gasteiger partial charge in [-0.3, -0.25) is 4.79 Å². The van der Waals surface area contributed by atoms with E-state index in [1.165, 1.54) is 51.0 Å². The molecule has 0 rings (SSSR count). The lowest BCUT2D eigenvalue weighted by molar-refractivity contribution is -0.104. The summed E-state index contributed by atoms with van der Waals surface area (Å²) in [6, 6.07) is 0. The summed E-state index contributed by atoms with van der Waals surface area (Å²) in [5.74, 6) is 0. The zero-order valence-corrected chi connectivity index (χ0v) is 11.2. The molecule has 0 spiro atoms. The molecular weight excluding hydrogens is 212 g/mol. The molecule has 0 fully saturated rings. The van der Waals surface area contributed by atoms with Crippen molar-refractivity contribution in [3.05, 3.63) is 12.2 Å². The Morgan fingerprint density at radius 1 is 1.00 bits per heavy atom. The van der Waals surface area contributed by atoms with Gasteiger partial charge in [-0.1, -0.05) is 64.4 Å². The number of aliphatic hydroxyl groups is 1. The third-order valence-corrected chi connectivity index (χ3v) is 3.01. The SMILES string of the molecule is CCCCCCCCCCC(O)CC=CC=O. The Kier molecular flexibility index (Phi) is 12.9. The van der Waals surface area contributed by atoms with E-state index in [0.29, 0.717) is 6.42 Å². The smallest absolute Gasteiger partial charge is 0.142 e. The van der Waals surface area contributed by atoms with Crippen molar-refractivity contribution in [2.75, 3.05) is 0 Å². The van der Waals surface area contributed by atoms with Gasteiger partial charge in [-0.05, 0) is 18.9 Å². The number of hydrogen-bond donors (Lipinski definition) is 1. The molecule has 2 heteroatoms. The van der Waals surface area contributed by atoms with E-state index in [1.54, 1.807) is 6.08 Å². The summed E-state index contributed by atoms with van der Waals surface area (Å²) in [6.07, 6.45) is 15.5. The van der Waals surface area contributed by atoms with E-state index in [-0.39, 0.29) is 6.10 Å². The molecule has 0 aromatic heterocycles. The second-order valence-electron chi connectivity index (χ2n) is 4.72. The number of carbonyl (C=O) groups excluding carboxylic acids is 1. The van der Waals surface area contributed by atoms with Crippen LogP contribution in [0, 0.1) is 0 Å². The molecule has 0 aliphatic carbocycles. The standard InChI is InChI=1S/C15H28O2/c1-2-3-4-5-6-7-8-9-12-15(17)13-10-11-14-16/h10-11,14-15,17H,2-9,12-13H2,1H3. The molecule has 0 bridgehead atoms. The van der Waals surface area contributed by atoms with Crippen LogP contribution >= 0.6 is 0 Å². The van der Waals surface area contributed by atoms with Crippen molar-refractivity contribution in [3.63, 3.8) is 0 Å². The van der Waals surface area contributed by atoms with Crippen molar-refractivity contribution >= 4 is 6.29 Å². The Hall–Kier alpha value is -0.630. The van der Waals surface area contributed by atoms with Crippen molar-refractivity contribution in [2.24, 2.45) is 0 Å². The minimum Gasteiger partial charge on any atom is -0.393 e. The molecular formula is C15H28O2. The zero-order valence-electron chi connectivity index (χ0n) is 11.2. The molecule has 2 nitrogen and oxygen atoms in total. The van der Waals surface area contributed by atoms with E-state index < -0.39 is 0 Å². The Morgan fingerprint density at radius 3 is 2.18 bits per heavy atom. The molecule has 1 atom stereocenters. The highest BCUT2D eigenvalue weighted by Crippen LogP contribution is 2.11. The molecule has 0 aromatic rings. The van der Waals surface area contributed by atoms with Gasteiger partial charge in [-0.25, -0.2) is 0 Å². The lowest BCUT2D eigenvalue weighted by atomic mass is 10.0. The van der Waals surface area contributed by atoms with Gasteiger partial charge in [-0.15, -0.1) is 0 Å². The van der Waals surface area contributed by atoms with Gasteiger partial charge >= 0.3 is 0 Å². The second-order valence-corrected chi connectivity index (χ2v) is 4.72. The molecule has 1 unspecified atom stereocenters. The third kappa shape index (κ3) is 13.3. The first-order valence-electron chi connectivity index (χ1n) is 7.09. The van der Waals surface area contributed by atoms with Crippen LogP contribution in [0.15, 0.2) is 12.2 Å². The van der Waals surface area contributed by atoms with E-state index in [9.17, 15) is 9.90 Å². The molecule has 0 aromatic carbocycles. The fraction of sp³-hybridized carbons (Fsp3) is 0.800. The van der Waals surface area contributed by atoms with Crippen molar-refractivity contribution in [1.82, 2.24) is 0 Å². The van der Waals surface area contributed by atoms with Gasteiger partial charge in [0.1, 0.15) is 6.29 Å². The monoisotopic (exact) mass is 240 g/mol. The number of aliphatic hydroxyl groups excluding tert-OH is 1. The van der Waals surface area contributed by atoms with Crippen LogP contribution in [-0.2, 0) is 4.79 Å². The number of unbranched alkanes of at least 4 members (excludes halogenated alkanes) is 7. The highest BCUT2D eigenvalue weighted by Gasteiger charge is 2.00. The third-order valence-electron chi connectivity index (χ3n) is 3.01. The van der Waals surface area contributed by atoms with E-state index in [4.69, 9.17) is 0 Å². The molecule has 17 heavy (non-hydrogen) atoms. The first-order valence-corrected chi connectivity index (χ1v) is 7.09. The van der Waals surface area contributed by atoms with Gasteiger partial charge in [0.2, 0.25) is 0 Å². The number of hydrogen-bond acceptors (Lipinski definition) is 2. The summed E-state index contributed by atoms with van der Waals surface area (Å²) in [5.41, 5.74) is 0. The largest absolute Gasteiger partial charge is 0.393 e. The van der Waals surface area contributed by atoms with Gasteiger partial charge in [0, 0.05) is 0 Å². The predicted octanol–water partition coefficient (Wildman–Crippen LogP) is 4.02. The summed E-state index contributed by atoms with van der Waals surface area (Å²) in [4.78, 5) is 10.0. The highest BCUT2D eigenvalue weighted by molar-refractivity contribution is 5.64. The Labute approximate surface area is 106 Å². The van der Waals surface area contributed by atoms with Gasteiger partial charge in [0.15, 0.2) is 0 Å². The molecule has 0 aliphatic heterocycles. The van der Waals surface area contributed by atoms with Crippen molar-refractivity contribution in [2.45, 2.75) is 77.2 Å². The Morgan fingerprint density at radius 2 is 1.59 bits per heavy atom. The normalized spacial score (nSPS) is 13.1. The second kappa shape index (κ2) is 13.4. The Balaban J connectivity index is 3.16. The molecule has 0 aliphatic rings. The molecule has 0 amide bonds. The molecule has 0 heterocycles. The first kappa shape index (κ1) is 16.4. The fourth-order valence-electron chi connectivity index (χ4n) is 1.92. The van der Waals surface area contributed by atoms with Crippen molar-refractivity contribution in [1.29, 1.82) is 0 Å². The van der Waals surface area contributed by atoms with E-state index in [1.807, 2.05) is 0 Å². The van der Waals surface area contributed by atoms with Crippen molar-refractivity contribution in [3.8, 4) is 0 Å². The van der Waals surface area contributed by atoms with Crippen LogP contribution in [0.2, 0.25) is 0 Å². The maximum Gasteiger partial charge on any atom is 0.142 e. The highest BCUT2D eigenvalue weighted by atomic mass is 16.3. The van der Waals surface area contributed by atoms with Crippen LogP contribution in [-0.4, -0.2) is 17.5 Å². The predicted molar refractivity (Wildman–Crippen MR) is 73.1 cm³/mol. The number of rotatable bonds is 12. The molecule has 0 saturated carbocycles. The van der Waals surface area contributed by atoms with Crippen LogP contribution in [0.4, 0.5) is 0 Å². The van der Waals surface area contributed by atoms with Gasteiger partial charge in [0.25, 0.3) is 0 Å². The van der Waals surface area contributed by atoms with Crippen LogP contribution < -0.4 is 0 Å². The van der Waals surface area contributed by atoms with E-state index in [2.05, 4.69) is 6.92 Å². The summed E-state index contributed by atoms with van der Waals surface area (Å²) < 4.78 is 0. The summed E-state index contributed by atoms with van der Waals surface area (Å²) >= 11 is 0. The minimum absolute atomic E-state index is 0.272. The van der Waals surface area contributed by atoms with Crippen LogP contribution in [0.25, 0.3) is 0 Å². The lowest BCUT2D eigenvalue weighted by Crippen LogP contribution is -2.04. The molecule has 0 radical (unpaired) electrons. The summed E-state index contributed by atoms with van der Waals surface area (Å²) in [6.45, 7) is 2.24. The van der Waals surface area contributed by atoms with E-state index in [0.717, 1.165) is 19.1 Å². The van der Waals surface area contributed by atoms with Gasteiger partial charge in [0.05, 0.1) is 6.10 Å². The molecule has 100 valence electrons. The fourth-order valence-corrected chi connectivity index (χ4v) is 1.92. The van der Waals surface area contributed by atoms with Crippen molar-refractivity contribution < 1.29 is 9.90 Å². The topological polar surface area (TPSA) is 37.3 Å². The quantitative estimate of drug-likeness (QED) is 0.318. The summed E-state index contributed by atoms with van der Waals surface area (Å²) in [5, 5.41) is 9.58. The Bertz CT molecular complexity index is 187. The first-order chi connectivity index (χ1) is 8.31. The molecule has 1 N–H and O–H groups in total. The van der Waals surface area contributed by atoms with Gasteiger partial charge < -0.3 is 5.11 Å². The minimum atomic E-state index is -0.272.